The van der Waals surface area contributed by atoms with Crippen LogP contribution in [0.5, 0.6) is 0 Å². The molecule has 2 atom stereocenters. The molecule has 0 spiro atoms. The number of carbonyl (C=O) groups is 4. The molecule has 2 rings (SSSR count). The number of aliphatic imine (C=N–C) groups is 1. The van der Waals surface area contributed by atoms with Gasteiger partial charge in [0.2, 0.25) is 11.8 Å². The minimum Gasteiger partial charge on any atom is -0.481 e. The highest BCUT2D eigenvalue weighted by molar-refractivity contribution is 6.34. The highest BCUT2D eigenvalue weighted by Crippen LogP contribution is 2.25. The van der Waals surface area contributed by atoms with Gasteiger partial charge in [-0.25, -0.2) is 9.78 Å². The number of amides is 4. The summed E-state index contributed by atoms with van der Waals surface area (Å²) in [5, 5.41) is 27.2. The molecule has 0 saturated carbocycles. The number of nitrogens with one attached hydrogen (secondary N) is 6. The van der Waals surface area contributed by atoms with Crippen LogP contribution in [0.3, 0.4) is 0 Å². The van der Waals surface area contributed by atoms with Gasteiger partial charge in [-0.1, -0.05) is 36.2 Å². The molecule has 2 unspecified atom stereocenters. The Labute approximate surface area is 374 Å². The van der Waals surface area contributed by atoms with Crippen LogP contribution in [0.25, 0.3) is 0 Å². The Balaban J connectivity index is 1.60. The maximum atomic E-state index is 13.5. The van der Waals surface area contributed by atoms with Gasteiger partial charge in [0.15, 0.2) is 5.96 Å². The average molecular weight is 915 g/mol. The maximum absolute atomic E-state index is 13.5. The van der Waals surface area contributed by atoms with Gasteiger partial charge in [0.25, 0.3) is 0 Å². The van der Waals surface area contributed by atoms with Gasteiger partial charge in [-0.05, 0) is 68.0 Å². The number of halogens is 2. The number of urea groups is 1. The van der Waals surface area contributed by atoms with Gasteiger partial charge >= 0.3 is 12.0 Å². The van der Waals surface area contributed by atoms with E-state index in [2.05, 4.69) is 48.8 Å². The van der Waals surface area contributed by atoms with E-state index in [0.29, 0.717) is 90.1 Å². The summed E-state index contributed by atoms with van der Waals surface area (Å²) in [6.45, 7) is 7.72. The fraction of sp³-hybridized carbons (Fsp3) is 0.610. The number of nitrogens with zero attached hydrogens (tertiary/aromatic N) is 2. The molecule has 1 aromatic carbocycles. The molecule has 9 N–H and O–H groups in total. The van der Waals surface area contributed by atoms with Gasteiger partial charge in [-0.15, -0.1) is 0 Å². The van der Waals surface area contributed by atoms with Crippen LogP contribution in [0.2, 0.25) is 10.0 Å². The molecule has 0 saturated heterocycles. The molecule has 348 valence electrons. The van der Waals surface area contributed by atoms with Crippen molar-refractivity contribution in [2.45, 2.75) is 64.0 Å². The van der Waals surface area contributed by atoms with Crippen LogP contribution < -0.4 is 37.6 Å². The molecule has 0 fully saturated rings. The summed E-state index contributed by atoms with van der Waals surface area (Å²) in [6, 6.07) is 7.70. The number of aromatic nitrogens is 1. The number of carbonyl (C=O) groups excluding carboxylic acids is 3. The van der Waals surface area contributed by atoms with Crippen molar-refractivity contribution >= 4 is 58.8 Å². The highest BCUT2D eigenvalue weighted by atomic mass is 35.5. The lowest BCUT2D eigenvalue weighted by Gasteiger charge is -2.23. The van der Waals surface area contributed by atoms with Gasteiger partial charge in [0.05, 0.1) is 71.9 Å². The number of rotatable bonds is 36. The van der Waals surface area contributed by atoms with Crippen molar-refractivity contribution in [3.05, 3.63) is 58.2 Å². The Morgan fingerprint density at radius 1 is 0.758 bits per heavy atom. The second kappa shape index (κ2) is 35.0. The zero-order valence-corrected chi connectivity index (χ0v) is 37.1. The third-order valence-electron chi connectivity index (χ3n) is 8.42. The lowest BCUT2D eigenvalue weighted by molar-refractivity contribution is -0.138. The Bertz CT molecular complexity index is 1560. The lowest BCUT2D eigenvalue weighted by atomic mass is 10.0. The summed E-state index contributed by atoms with van der Waals surface area (Å²) in [5.41, 5.74) is 6.21. The number of aliphatic carboxylic acids is 1. The third kappa shape index (κ3) is 28.2. The second-order valence-corrected chi connectivity index (χ2v) is 14.6. The van der Waals surface area contributed by atoms with Crippen LogP contribution in [-0.4, -0.2) is 145 Å². The first-order valence-electron chi connectivity index (χ1n) is 20.9. The molecule has 2 aromatic rings. The largest absolute Gasteiger partial charge is 0.481 e. The molecule has 19 nitrogen and oxygen atoms in total. The molecule has 62 heavy (non-hydrogen) atoms. The molecule has 21 heteroatoms. The van der Waals surface area contributed by atoms with E-state index in [1.165, 1.54) is 18.2 Å². The number of hydrogen-bond acceptors (Lipinski definition) is 12. The van der Waals surface area contributed by atoms with E-state index in [4.69, 9.17) is 52.6 Å². The van der Waals surface area contributed by atoms with Gasteiger partial charge < -0.3 is 66.4 Å². The Morgan fingerprint density at radius 2 is 1.39 bits per heavy atom. The first-order chi connectivity index (χ1) is 30.1. The lowest BCUT2D eigenvalue weighted by Crippen LogP contribution is -2.50. The molecule has 4 amide bonds. The van der Waals surface area contributed by atoms with E-state index in [9.17, 15) is 24.3 Å². The topological polar surface area (TPSA) is 258 Å². The Morgan fingerprint density at radius 3 is 2.05 bits per heavy atom. The summed E-state index contributed by atoms with van der Waals surface area (Å²) in [4.78, 5) is 58.5. The van der Waals surface area contributed by atoms with Crippen molar-refractivity contribution in [1.29, 1.82) is 0 Å². The smallest absolute Gasteiger partial charge is 0.314 e. The summed E-state index contributed by atoms with van der Waals surface area (Å²) in [5.74, 6) is -1.04. The van der Waals surface area contributed by atoms with Crippen LogP contribution in [0.1, 0.15) is 63.5 Å². The average Bonchev–Trinajstić information content (AvgIpc) is 3.24. The predicted molar refractivity (Wildman–Crippen MR) is 238 cm³/mol. The van der Waals surface area contributed by atoms with Crippen LogP contribution in [-0.2, 0) is 38.1 Å². The highest BCUT2D eigenvalue weighted by Gasteiger charge is 2.26. The van der Waals surface area contributed by atoms with E-state index >= 15 is 0 Å². The van der Waals surface area contributed by atoms with Crippen molar-refractivity contribution in [3.63, 3.8) is 0 Å². The van der Waals surface area contributed by atoms with E-state index in [1.54, 1.807) is 6.20 Å². The van der Waals surface area contributed by atoms with Gasteiger partial charge in [0, 0.05) is 62.0 Å². The zero-order chi connectivity index (χ0) is 45.0. The molecular formula is C41H65Cl2N9O10. The monoisotopic (exact) mass is 913 g/mol. The maximum Gasteiger partial charge on any atom is 0.314 e. The minimum atomic E-state index is -1.16. The number of pyridine rings is 1. The number of guanidine groups is 1. The number of benzene rings is 1. The quantitative estimate of drug-likeness (QED) is 0.0278. The summed E-state index contributed by atoms with van der Waals surface area (Å²) in [7, 11) is 0. The van der Waals surface area contributed by atoms with Gasteiger partial charge in [0.1, 0.15) is 11.9 Å². The summed E-state index contributed by atoms with van der Waals surface area (Å²) >= 11 is 12.3. The van der Waals surface area contributed by atoms with Crippen molar-refractivity contribution in [1.82, 2.24) is 31.6 Å². The number of hydrogen-bond donors (Lipinski definition) is 8. The minimum absolute atomic E-state index is 0.113. The van der Waals surface area contributed by atoms with Crippen molar-refractivity contribution in [2.24, 2.45) is 10.7 Å². The predicted octanol–water partition coefficient (Wildman–Crippen LogP) is 3.26. The van der Waals surface area contributed by atoms with Crippen molar-refractivity contribution < 1.29 is 48.0 Å². The molecular weight excluding hydrogens is 849 g/mol. The number of carboxylic acid groups (broad SMARTS) is 1. The Kier molecular flexibility index (Phi) is 30.3. The standard InChI is InChI=1S/C41H65Cl2N9O10/c1-2-17-58-18-15-48-40(44)47-13-7-8-14-49-41(57)50-16-19-59-20-21-60-22-23-61-24-25-62-30-35(51-37(53)10-4-6-12-46-36-9-3-5-11-45-36)39(56)52-34(29-38(54)55)31-26-32(42)28-33(43)27-31/h3,5,9,11,26-28,34-35H,2,4,6-8,10,12-25,29-30H2,1H3,(H,45,46)(H,51,53)(H,52,56)(H,54,55)(H3,44,47,48)(H2,49,50,57). The normalized spacial score (nSPS) is 12.3. The van der Waals surface area contributed by atoms with Gasteiger partial charge in [-0.3, -0.25) is 19.4 Å². The first kappa shape index (κ1) is 53.6. The van der Waals surface area contributed by atoms with E-state index in [1.807, 2.05) is 18.2 Å². The molecule has 0 aliphatic heterocycles. The zero-order valence-electron chi connectivity index (χ0n) is 35.6. The number of ether oxygens (including phenoxy) is 5. The molecule has 0 aliphatic rings. The Hall–Kier alpha value is -4.50. The van der Waals surface area contributed by atoms with E-state index < -0.39 is 30.4 Å². The third-order valence-corrected chi connectivity index (χ3v) is 8.86. The number of anilines is 1. The molecule has 0 bridgehead atoms. The SMILES string of the molecule is CCCOCCNC(N)=NCCCCNC(=O)NCCOCCOCCOCCOCC(NC(=O)CCCCNc1ccccn1)C(=O)NC(CC(=O)O)c1cc(Cl)cc(Cl)c1. The van der Waals surface area contributed by atoms with Crippen LogP contribution in [0.15, 0.2) is 47.6 Å². The number of carboxylic acids is 1. The van der Waals surface area contributed by atoms with Crippen LogP contribution in [0, 0.1) is 0 Å². The van der Waals surface area contributed by atoms with E-state index in [0.717, 1.165) is 31.7 Å². The summed E-state index contributed by atoms with van der Waals surface area (Å²) < 4.78 is 27.6. The van der Waals surface area contributed by atoms with Crippen LogP contribution in [0.4, 0.5) is 10.6 Å². The second-order valence-electron chi connectivity index (χ2n) is 13.7. The molecule has 0 aliphatic carbocycles. The number of nitrogens with two attached hydrogens (primary N) is 1. The van der Waals surface area contributed by atoms with Crippen molar-refractivity contribution in [3.8, 4) is 0 Å². The first-order valence-corrected chi connectivity index (χ1v) is 21.7. The fourth-order valence-corrected chi connectivity index (χ4v) is 5.91. The van der Waals surface area contributed by atoms with Crippen LogP contribution >= 0.6 is 23.2 Å². The molecule has 1 heterocycles. The van der Waals surface area contributed by atoms with Crippen molar-refractivity contribution in [2.75, 3.05) is 104 Å². The van der Waals surface area contributed by atoms with Gasteiger partial charge in [-0.2, -0.15) is 0 Å². The summed E-state index contributed by atoms with van der Waals surface area (Å²) in [6.07, 6.45) is 5.15. The van der Waals surface area contributed by atoms with E-state index in [-0.39, 0.29) is 54.8 Å². The number of unbranched alkanes of at least 4 members (excludes halogenated alkanes) is 2. The fourth-order valence-electron chi connectivity index (χ4n) is 5.37. The molecule has 0 radical (unpaired) electrons. The molecule has 1 aromatic heterocycles.